The van der Waals surface area contributed by atoms with Crippen LogP contribution in [0.4, 0.5) is 0 Å². The van der Waals surface area contributed by atoms with E-state index >= 15 is 0 Å². The Morgan fingerprint density at radius 2 is 2.24 bits per heavy atom. The van der Waals surface area contributed by atoms with E-state index in [4.69, 9.17) is 10.5 Å². The molecular formula is C17H24N2O2. The molecule has 0 aliphatic carbocycles. The molecule has 3 N–H and O–H groups in total. The molecule has 1 aromatic rings. The number of amides is 1. The maximum Gasteiger partial charge on any atom is 0.222 e. The highest BCUT2D eigenvalue weighted by atomic mass is 16.5. The first kappa shape index (κ1) is 17.2. The van der Waals surface area contributed by atoms with Crippen LogP contribution in [0.5, 0.6) is 0 Å². The summed E-state index contributed by atoms with van der Waals surface area (Å²) in [5, 5.41) is 2.96. The van der Waals surface area contributed by atoms with Crippen molar-refractivity contribution in [2.24, 2.45) is 5.73 Å². The first-order valence-electron chi connectivity index (χ1n) is 7.33. The van der Waals surface area contributed by atoms with Crippen molar-refractivity contribution < 1.29 is 9.53 Å². The number of hydrogen-bond donors (Lipinski definition) is 2. The molecule has 1 amide bonds. The van der Waals surface area contributed by atoms with Crippen molar-refractivity contribution in [1.29, 1.82) is 0 Å². The first-order chi connectivity index (χ1) is 10.2. The van der Waals surface area contributed by atoms with E-state index in [0.29, 0.717) is 26.2 Å². The van der Waals surface area contributed by atoms with E-state index in [1.807, 2.05) is 38.1 Å². The van der Waals surface area contributed by atoms with Crippen LogP contribution in [0.1, 0.15) is 43.9 Å². The zero-order valence-corrected chi connectivity index (χ0v) is 12.8. The predicted octanol–water partition coefficient (Wildman–Crippen LogP) is 1.99. The predicted molar refractivity (Wildman–Crippen MR) is 84.7 cm³/mol. The van der Waals surface area contributed by atoms with Gasteiger partial charge in [-0.1, -0.05) is 30.9 Å². The third-order valence-corrected chi connectivity index (χ3v) is 2.92. The molecule has 114 valence electrons. The molecule has 0 saturated carbocycles. The molecule has 1 rings (SSSR count). The average Bonchev–Trinajstić information content (AvgIpc) is 2.50. The summed E-state index contributed by atoms with van der Waals surface area (Å²) in [4.78, 5) is 11.8. The van der Waals surface area contributed by atoms with Gasteiger partial charge in [0, 0.05) is 18.6 Å². The molecule has 0 saturated heterocycles. The van der Waals surface area contributed by atoms with Crippen molar-refractivity contribution in [2.45, 2.75) is 32.7 Å². The Bertz CT molecular complexity index is 503. The number of nitrogens with two attached hydrogens (primary N) is 1. The molecule has 0 aliphatic heterocycles. The van der Waals surface area contributed by atoms with Crippen molar-refractivity contribution in [3.63, 3.8) is 0 Å². The lowest BCUT2D eigenvalue weighted by molar-refractivity contribution is -0.122. The summed E-state index contributed by atoms with van der Waals surface area (Å²) < 4.78 is 5.31. The number of carbonyl (C=O) groups excluding carboxylic acids is 1. The lowest BCUT2D eigenvalue weighted by Gasteiger charge is -2.14. The van der Waals surface area contributed by atoms with Gasteiger partial charge in [-0.3, -0.25) is 4.79 Å². The molecule has 0 fully saturated rings. The maximum absolute atomic E-state index is 11.8. The van der Waals surface area contributed by atoms with Gasteiger partial charge in [0.1, 0.15) is 0 Å². The topological polar surface area (TPSA) is 64.3 Å². The van der Waals surface area contributed by atoms with Gasteiger partial charge < -0.3 is 15.8 Å². The second kappa shape index (κ2) is 9.98. The molecule has 0 aromatic heterocycles. The molecule has 21 heavy (non-hydrogen) atoms. The largest absolute Gasteiger partial charge is 0.381 e. The van der Waals surface area contributed by atoms with E-state index in [2.05, 4.69) is 17.2 Å². The summed E-state index contributed by atoms with van der Waals surface area (Å²) in [6, 6.07) is 7.76. The van der Waals surface area contributed by atoms with Crippen LogP contribution in [0.25, 0.3) is 0 Å². The molecule has 4 nitrogen and oxygen atoms in total. The fraction of sp³-hybridized carbons (Fsp3) is 0.471. The van der Waals surface area contributed by atoms with E-state index in [-0.39, 0.29) is 11.9 Å². The molecule has 1 unspecified atom stereocenters. The minimum Gasteiger partial charge on any atom is -0.381 e. The van der Waals surface area contributed by atoms with Gasteiger partial charge in [-0.15, -0.1) is 0 Å². The number of benzene rings is 1. The quantitative estimate of drug-likeness (QED) is 0.596. The van der Waals surface area contributed by atoms with Gasteiger partial charge in [-0.2, -0.15) is 0 Å². The third-order valence-electron chi connectivity index (χ3n) is 2.92. The van der Waals surface area contributed by atoms with Crippen molar-refractivity contribution in [3.05, 3.63) is 35.4 Å². The third kappa shape index (κ3) is 6.94. The van der Waals surface area contributed by atoms with Gasteiger partial charge in [-0.25, -0.2) is 0 Å². The molecule has 0 bridgehead atoms. The van der Waals surface area contributed by atoms with Crippen molar-refractivity contribution in [3.8, 4) is 11.8 Å². The Hall–Kier alpha value is -1.83. The molecule has 1 aromatic carbocycles. The van der Waals surface area contributed by atoms with E-state index in [1.54, 1.807) is 0 Å². The van der Waals surface area contributed by atoms with Gasteiger partial charge in [0.2, 0.25) is 5.91 Å². The zero-order valence-electron chi connectivity index (χ0n) is 12.8. The summed E-state index contributed by atoms with van der Waals surface area (Å²) in [5.74, 6) is 5.82. The number of carbonyl (C=O) groups is 1. The van der Waals surface area contributed by atoms with Gasteiger partial charge in [0.05, 0.1) is 19.2 Å². The van der Waals surface area contributed by atoms with Crippen LogP contribution in [0.15, 0.2) is 24.3 Å². The second-order valence-corrected chi connectivity index (χ2v) is 4.78. The van der Waals surface area contributed by atoms with Crippen LogP contribution in [-0.2, 0) is 9.53 Å². The molecular weight excluding hydrogens is 264 g/mol. The monoisotopic (exact) mass is 288 g/mol. The molecule has 0 aliphatic rings. The zero-order chi connectivity index (χ0) is 15.5. The molecule has 0 spiro atoms. The van der Waals surface area contributed by atoms with E-state index in [0.717, 1.165) is 17.5 Å². The minimum absolute atomic E-state index is 0.00273. The van der Waals surface area contributed by atoms with Crippen LogP contribution in [-0.4, -0.2) is 25.7 Å². The highest BCUT2D eigenvalue weighted by molar-refractivity contribution is 5.76. The average molecular weight is 288 g/mol. The Morgan fingerprint density at radius 1 is 1.43 bits per heavy atom. The molecule has 4 heteroatoms. The smallest absolute Gasteiger partial charge is 0.222 e. The Labute approximate surface area is 127 Å². The van der Waals surface area contributed by atoms with Gasteiger partial charge >= 0.3 is 0 Å². The lowest BCUT2D eigenvalue weighted by Crippen LogP contribution is -2.27. The summed E-state index contributed by atoms with van der Waals surface area (Å²) in [7, 11) is 0. The number of hydrogen-bond acceptors (Lipinski definition) is 3. The Kier molecular flexibility index (Phi) is 8.18. The second-order valence-electron chi connectivity index (χ2n) is 4.78. The summed E-state index contributed by atoms with van der Waals surface area (Å²) in [5.41, 5.74) is 7.30. The SMILES string of the molecule is CCCOCCC(=O)NC(C)c1cccc(C#CCN)c1. The fourth-order valence-corrected chi connectivity index (χ4v) is 1.85. The van der Waals surface area contributed by atoms with Gasteiger partial charge in [0.25, 0.3) is 0 Å². The summed E-state index contributed by atoms with van der Waals surface area (Å²) in [6.07, 6.45) is 1.35. The number of nitrogens with one attached hydrogen (secondary N) is 1. The molecule has 0 radical (unpaired) electrons. The Balaban J connectivity index is 2.51. The highest BCUT2D eigenvalue weighted by Gasteiger charge is 2.09. The summed E-state index contributed by atoms with van der Waals surface area (Å²) >= 11 is 0. The van der Waals surface area contributed by atoms with E-state index < -0.39 is 0 Å². The van der Waals surface area contributed by atoms with Gasteiger partial charge in [0.15, 0.2) is 0 Å². The van der Waals surface area contributed by atoms with Crippen molar-refractivity contribution in [1.82, 2.24) is 5.32 Å². The van der Waals surface area contributed by atoms with Crippen LogP contribution in [0.3, 0.4) is 0 Å². The first-order valence-corrected chi connectivity index (χ1v) is 7.33. The maximum atomic E-state index is 11.8. The molecule has 1 atom stereocenters. The molecule has 0 heterocycles. The van der Waals surface area contributed by atoms with E-state index in [9.17, 15) is 4.79 Å². The Morgan fingerprint density at radius 3 is 2.95 bits per heavy atom. The van der Waals surface area contributed by atoms with Crippen LogP contribution >= 0.6 is 0 Å². The van der Waals surface area contributed by atoms with E-state index in [1.165, 1.54) is 0 Å². The standard InChI is InChI=1S/C17H24N2O2/c1-3-11-21-12-9-17(20)19-14(2)16-8-4-6-15(13-16)7-5-10-18/h4,6,8,13-14H,3,9-12,18H2,1-2H3,(H,19,20). The van der Waals surface area contributed by atoms with Crippen molar-refractivity contribution in [2.75, 3.05) is 19.8 Å². The highest BCUT2D eigenvalue weighted by Crippen LogP contribution is 2.13. The lowest BCUT2D eigenvalue weighted by atomic mass is 10.1. The van der Waals surface area contributed by atoms with Crippen LogP contribution in [0, 0.1) is 11.8 Å². The fourth-order valence-electron chi connectivity index (χ4n) is 1.85. The number of rotatable bonds is 7. The van der Waals surface area contributed by atoms with Crippen LogP contribution < -0.4 is 11.1 Å². The number of ether oxygens (including phenoxy) is 1. The normalized spacial score (nSPS) is 11.4. The van der Waals surface area contributed by atoms with Crippen molar-refractivity contribution >= 4 is 5.91 Å². The summed E-state index contributed by atoms with van der Waals surface area (Å²) in [6.45, 7) is 5.51. The van der Waals surface area contributed by atoms with Crippen LogP contribution in [0.2, 0.25) is 0 Å². The van der Waals surface area contributed by atoms with Gasteiger partial charge in [-0.05, 0) is 31.0 Å². The minimum atomic E-state index is -0.0525.